The van der Waals surface area contributed by atoms with Gasteiger partial charge in [-0.05, 0) is 30.2 Å². The topological polar surface area (TPSA) is 29.5 Å². The van der Waals surface area contributed by atoms with Gasteiger partial charge in [0.1, 0.15) is 5.75 Å². The van der Waals surface area contributed by atoms with Gasteiger partial charge >= 0.3 is 0 Å². The Hall–Kier alpha value is -1.02. The minimum atomic E-state index is 0.188. The highest BCUT2D eigenvalue weighted by molar-refractivity contribution is 5.36. The molecule has 72 valence electrons. The van der Waals surface area contributed by atoms with Crippen LogP contribution < -0.4 is 4.74 Å². The molecule has 0 aromatic heterocycles. The fourth-order valence-corrected chi connectivity index (χ4v) is 1.43. The summed E-state index contributed by atoms with van der Waals surface area (Å²) < 4.78 is 5.10. The Kier molecular flexibility index (Phi) is 3.32. The Morgan fingerprint density at radius 1 is 1.46 bits per heavy atom. The van der Waals surface area contributed by atoms with Gasteiger partial charge in [-0.25, -0.2) is 0 Å². The molecule has 0 aliphatic heterocycles. The highest BCUT2D eigenvalue weighted by Crippen LogP contribution is 2.23. The van der Waals surface area contributed by atoms with Gasteiger partial charge in [-0.2, -0.15) is 0 Å². The van der Waals surface area contributed by atoms with Gasteiger partial charge in [0, 0.05) is 12.5 Å². The van der Waals surface area contributed by atoms with Crippen LogP contribution in [0.4, 0.5) is 0 Å². The van der Waals surface area contributed by atoms with Crippen LogP contribution in [0.15, 0.2) is 18.2 Å². The lowest BCUT2D eigenvalue weighted by atomic mass is 9.97. The number of hydrogen-bond acceptors (Lipinski definition) is 2. The van der Waals surface area contributed by atoms with E-state index in [0.717, 1.165) is 5.75 Å². The van der Waals surface area contributed by atoms with Crippen molar-refractivity contribution in [3.8, 4) is 5.75 Å². The van der Waals surface area contributed by atoms with E-state index in [0.29, 0.717) is 0 Å². The Morgan fingerprint density at radius 2 is 2.15 bits per heavy atom. The van der Waals surface area contributed by atoms with Gasteiger partial charge in [0.05, 0.1) is 7.11 Å². The Bertz CT molecular complexity index is 281. The molecule has 1 aromatic carbocycles. The van der Waals surface area contributed by atoms with Crippen LogP contribution in [0.1, 0.15) is 24.0 Å². The predicted molar refractivity (Wildman–Crippen MR) is 53.2 cm³/mol. The number of aliphatic hydroxyl groups excluding tert-OH is 1. The Balaban J connectivity index is 2.98. The molecule has 0 saturated heterocycles. The molecule has 0 heterocycles. The minimum absolute atomic E-state index is 0.188. The van der Waals surface area contributed by atoms with Crippen LogP contribution in [0.25, 0.3) is 0 Å². The zero-order valence-corrected chi connectivity index (χ0v) is 8.37. The van der Waals surface area contributed by atoms with Gasteiger partial charge in [0.25, 0.3) is 0 Å². The lowest BCUT2D eigenvalue weighted by Crippen LogP contribution is -2.01. The monoisotopic (exact) mass is 180 g/mol. The number of rotatable bonds is 3. The zero-order chi connectivity index (χ0) is 9.84. The summed E-state index contributed by atoms with van der Waals surface area (Å²) in [6.45, 7) is 4.23. The second-order valence-corrected chi connectivity index (χ2v) is 3.31. The van der Waals surface area contributed by atoms with Crippen LogP contribution in [-0.4, -0.2) is 18.8 Å². The fourth-order valence-electron chi connectivity index (χ4n) is 1.43. The maximum Gasteiger partial charge on any atom is 0.119 e. The van der Waals surface area contributed by atoms with E-state index in [4.69, 9.17) is 9.84 Å². The third-order valence-electron chi connectivity index (χ3n) is 2.28. The maximum absolute atomic E-state index is 9.01. The van der Waals surface area contributed by atoms with Crippen LogP contribution >= 0.6 is 0 Å². The van der Waals surface area contributed by atoms with Crippen molar-refractivity contribution < 1.29 is 9.84 Å². The first-order valence-corrected chi connectivity index (χ1v) is 4.44. The molecule has 2 heteroatoms. The van der Waals surface area contributed by atoms with Gasteiger partial charge in [-0.15, -0.1) is 0 Å². The summed E-state index contributed by atoms with van der Waals surface area (Å²) in [4.78, 5) is 0. The van der Waals surface area contributed by atoms with E-state index in [1.54, 1.807) is 7.11 Å². The maximum atomic E-state index is 9.01. The quantitative estimate of drug-likeness (QED) is 0.771. The molecule has 2 nitrogen and oxygen atoms in total. The van der Waals surface area contributed by atoms with E-state index in [1.807, 2.05) is 32.0 Å². The molecule has 0 aliphatic rings. The van der Waals surface area contributed by atoms with E-state index < -0.39 is 0 Å². The molecular formula is C11H16O2. The molecule has 0 amide bonds. The molecule has 0 saturated carbocycles. The highest BCUT2D eigenvalue weighted by Gasteiger charge is 2.07. The number of hydrogen-bond donors (Lipinski definition) is 1. The van der Waals surface area contributed by atoms with Gasteiger partial charge in [-0.3, -0.25) is 0 Å². The Morgan fingerprint density at radius 3 is 2.62 bits per heavy atom. The molecule has 0 fully saturated rings. The molecule has 1 atom stereocenters. The zero-order valence-electron chi connectivity index (χ0n) is 8.37. The van der Waals surface area contributed by atoms with Crippen molar-refractivity contribution in [2.45, 2.75) is 19.8 Å². The normalized spacial score (nSPS) is 12.6. The third kappa shape index (κ3) is 2.22. The Labute approximate surface area is 79.2 Å². The number of aryl methyl sites for hydroxylation is 1. The van der Waals surface area contributed by atoms with Crippen LogP contribution in [0.2, 0.25) is 0 Å². The largest absolute Gasteiger partial charge is 0.497 e. The summed E-state index contributed by atoms with van der Waals surface area (Å²) in [5.74, 6) is 1.07. The summed E-state index contributed by atoms with van der Waals surface area (Å²) in [6, 6.07) is 5.92. The van der Waals surface area contributed by atoms with Crippen molar-refractivity contribution in [2.24, 2.45) is 0 Å². The van der Waals surface area contributed by atoms with Gasteiger partial charge in [0.2, 0.25) is 0 Å². The van der Waals surface area contributed by atoms with Crippen molar-refractivity contribution in [1.82, 2.24) is 0 Å². The number of ether oxygens (including phenoxy) is 1. The lowest BCUT2D eigenvalue weighted by molar-refractivity contribution is 0.272. The van der Waals surface area contributed by atoms with E-state index >= 15 is 0 Å². The van der Waals surface area contributed by atoms with Gasteiger partial charge < -0.3 is 9.84 Å². The molecule has 1 rings (SSSR count). The standard InChI is InChI=1S/C11H16O2/c1-8-6-10(13-3)4-5-11(8)9(2)7-12/h4-6,9,12H,7H2,1-3H3. The molecule has 0 radical (unpaired) electrons. The van der Waals surface area contributed by atoms with Crippen LogP contribution in [0.3, 0.4) is 0 Å². The average molecular weight is 180 g/mol. The van der Waals surface area contributed by atoms with E-state index in [2.05, 4.69) is 0 Å². The molecule has 1 aromatic rings. The van der Waals surface area contributed by atoms with Crippen molar-refractivity contribution in [3.05, 3.63) is 29.3 Å². The van der Waals surface area contributed by atoms with Crippen LogP contribution in [0.5, 0.6) is 5.75 Å². The van der Waals surface area contributed by atoms with E-state index in [-0.39, 0.29) is 12.5 Å². The first kappa shape index (κ1) is 10.1. The minimum Gasteiger partial charge on any atom is -0.497 e. The highest BCUT2D eigenvalue weighted by atomic mass is 16.5. The molecular weight excluding hydrogens is 164 g/mol. The van der Waals surface area contributed by atoms with Crippen molar-refractivity contribution in [2.75, 3.05) is 13.7 Å². The summed E-state index contributed by atoms with van der Waals surface area (Å²) in [5, 5.41) is 9.01. The molecule has 1 N–H and O–H groups in total. The summed E-state index contributed by atoms with van der Waals surface area (Å²) in [7, 11) is 1.66. The molecule has 0 bridgehead atoms. The first-order valence-electron chi connectivity index (χ1n) is 4.44. The van der Waals surface area contributed by atoms with Crippen molar-refractivity contribution >= 4 is 0 Å². The van der Waals surface area contributed by atoms with E-state index in [9.17, 15) is 0 Å². The van der Waals surface area contributed by atoms with Gasteiger partial charge in [0.15, 0.2) is 0 Å². The lowest BCUT2D eigenvalue weighted by Gasteiger charge is -2.12. The van der Waals surface area contributed by atoms with Crippen LogP contribution in [0, 0.1) is 6.92 Å². The fraction of sp³-hybridized carbons (Fsp3) is 0.455. The van der Waals surface area contributed by atoms with Gasteiger partial charge in [-0.1, -0.05) is 13.0 Å². The van der Waals surface area contributed by atoms with E-state index in [1.165, 1.54) is 11.1 Å². The van der Waals surface area contributed by atoms with Crippen molar-refractivity contribution in [1.29, 1.82) is 0 Å². The first-order chi connectivity index (χ1) is 6.19. The SMILES string of the molecule is COc1ccc(C(C)CO)c(C)c1. The van der Waals surface area contributed by atoms with Crippen LogP contribution in [-0.2, 0) is 0 Å². The smallest absolute Gasteiger partial charge is 0.119 e. The summed E-state index contributed by atoms with van der Waals surface area (Å²) in [6.07, 6.45) is 0. The summed E-state index contributed by atoms with van der Waals surface area (Å²) in [5.41, 5.74) is 2.35. The van der Waals surface area contributed by atoms with Crippen molar-refractivity contribution in [3.63, 3.8) is 0 Å². The second kappa shape index (κ2) is 4.28. The number of benzene rings is 1. The third-order valence-corrected chi connectivity index (χ3v) is 2.28. The summed E-state index contributed by atoms with van der Waals surface area (Å²) >= 11 is 0. The molecule has 0 spiro atoms. The number of aliphatic hydroxyl groups is 1. The predicted octanol–water partition coefficient (Wildman–Crippen LogP) is 2.10. The molecule has 13 heavy (non-hydrogen) atoms. The second-order valence-electron chi connectivity index (χ2n) is 3.31. The molecule has 1 unspecified atom stereocenters. The molecule has 0 aliphatic carbocycles. The average Bonchev–Trinajstić information content (AvgIpc) is 2.16. The number of methoxy groups -OCH3 is 1.